The maximum absolute atomic E-state index is 11.2. The van der Waals surface area contributed by atoms with Crippen molar-refractivity contribution in [3.8, 4) is 0 Å². The molecule has 0 saturated heterocycles. The zero-order valence-electron chi connectivity index (χ0n) is 9.99. The van der Waals surface area contributed by atoms with Crippen LogP contribution in [0, 0.1) is 20.2 Å². The Morgan fingerprint density at radius 2 is 1.95 bits per heavy atom. The number of nitrogens with zero attached hydrogens (tertiary/aromatic N) is 2. The van der Waals surface area contributed by atoms with Crippen molar-refractivity contribution in [2.45, 2.75) is 13.5 Å². The predicted octanol–water partition coefficient (Wildman–Crippen LogP) is 2.12. The van der Waals surface area contributed by atoms with E-state index in [1.54, 1.807) is 0 Å². The Morgan fingerprint density at radius 1 is 1.32 bits per heavy atom. The highest BCUT2D eigenvalue weighted by molar-refractivity contribution is 5.87. The largest absolute Gasteiger partial charge is 0.457 e. The summed E-state index contributed by atoms with van der Waals surface area (Å²) >= 11 is 0. The number of rotatable bonds is 5. The first kappa shape index (κ1) is 14.3. The van der Waals surface area contributed by atoms with Crippen LogP contribution in [0.15, 0.2) is 30.4 Å². The average molecular weight is 266 g/mol. The van der Waals surface area contributed by atoms with E-state index in [0.29, 0.717) is 0 Å². The monoisotopic (exact) mass is 266 g/mol. The van der Waals surface area contributed by atoms with E-state index in [1.165, 1.54) is 19.1 Å². The van der Waals surface area contributed by atoms with Gasteiger partial charge in [-0.1, -0.05) is 12.6 Å². The number of esters is 1. The summed E-state index contributed by atoms with van der Waals surface area (Å²) in [5, 5.41) is 21.6. The Bertz CT molecular complexity index is 566. The fourth-order valence-corrected chi connectivity index (χ4v) is 1.32. The lowest BCUT2D eigenvalue weighted by atomic mass is 10.1. The minimum atomic E-state index is -0.873. The van der Waals surface area contributed by atoms with Crippen molar-refractivity contribution < 1.29 is 19.4 Å². The number of para-hydroxylation sites is 1. The van der Waals surface area contributed by atoms with Gasteiger partial charge in [-0.15, -0.1) is 0 Å². The Labute approximate surface area is 107 Å². The molecule has 0 unspecified atom stereocenters. The molecule has 0 aliphatic carbocycles. The maximum Gasteiger partial charge on any atom is 0.352 e. The van der Waals surface area contributed by atoms with E-state index in [-0.39, 0.29) is 11.1 Å². The lowest BCUT2D eigenvalue weighted by Crippen LogP contribution is -2.07. The number of nitro groups is 2. The molecule has 8 nitrogen and oxygen atoms in total. The lowest BCUT2D eigenvalue weighted by Gasteiger charge is -2.05. The van der Waals surface area contributed by atoms with E-state index in [4.69, 9.17) is 4.74 Å². The molecule has 0 radical (unpaired) electrons. The normalized spacial score (nSPS) is 9.74. The molecule has 8 heteroatoms. The van der Waals surface area contributed by atoms with Crippen LogP contribution in [-0.2, 0) is 16.1 Å². The Hall–Kier alpha value is -2.77. The highest BCUT2D eigenvalue weighted by atomic mass is 16.6. The van der Waals surface area contributed by atoms with Gasteiger partial charge < -0.3 is 4.74 Å². The molecular formula is C11H10N2O6. The maximum atomic E-state index is 11.2. The van der Waals surface area contributed by atoms with Gasteiger partial charge >= 0.3 is 17.3 Å². The van der Waals surface area contributed by atoms with Crippen LogP contribution in [-0.4, -0.2) is 15.8 Å². The van der Waals surface area contributed by atoms with Gasteiger partial charge in [0.05, 0.1) is 15.4 Å². The van der Waals surface area contributed by atoms with Gasteiger partial charge in [0.2, 0.25) is 0 Å². The number of benzene rings is 1. The molecule has 0 saturated carbocycles. The highest BCUT2D eigenvalue weighted by Crippen LogP contribution is 2.30. The minimum Gasteiger partial charge on any atom is -0.457 e. The molecule has 0 aliphatic rings. The van der Waals surface area contributed by atoms with Crippen LogP contribution in [0.5, 0.6) is 0 Å². The summed E-state index contributed by atoms with van der Waals surface area (Å²) in [6.07, 6.45) is 0. The fraction of sp³-hybridized carbons (Fsp3) is 0.182. The zero-order chi connectivity index (χ0) is 14.6. The molecule has 19 heavy (non-hydrogen) atoms. The van der Waals surface area contributed by atoms with Crippen LogP contribution in [0.3, 0.4) is 0 Å². The van der Waals surface area contributed by atoms with E-state index >= 15 is 0 Å². The van der Waals surface area contributed by atoms with Crippen LogP contribution in [0.2, 0.25) is 0 Å². The lowest BCUT2D eigenvalue weighted by molar-refractivity contribution is -0.423. The molecule has 0 N–H and O–H groups in total. The summed E-state index contributed by atoms with van der Waals surface area (Å²) < 4.78 is 4.75. The quantitative estimate of drug-likeness (QED) is 0.349. The Balaban J connectivity index is 3.10. The SMILES string of the molecule is C=C(C)C(=O)OCc1cccc([N+](=O)[O-])c1[N+](=O)[O-]. The molecule has 1 rings (SSSR count). The summed E-state index contributed by atoms with van der Waals surface area (Å²) in [7, 11) is 0. The van der Waals surface area contributed by atoms with Gasteiger partial charge in [0.1, 0.15) is 6.61 Å². The molecule has 1 aromatic rings. The van der Waals surface area contributed by atoms with Gasteiger partial charge in [-0.05, 0) is 13.0 Å². The third-order valence-electron chi connectivity index (χ3n) is 2.18. The molecular weight excluding hydrogens is 256 g/mol. The van der Waals surface area contributed by atoms with E-state index < -0.39 is 33.8 Å². The first-order chi connectivity index (χ1) is 8.84. The van der Waals surface area contributed by atoms with E-state index in [0.717, 1.165) is 6.07 Å². The molecule has 100 valence electrons. The number of ether oxygens (including phenoxy) is 1. The minimum absolute atomic E-state index is 0.0474. The van der Waals surface area contributed by atoms with Crippen LogP contribution >= 0.6 is 0 Å². The Morgan fingerprint density at radius 3 is 2.42 bits per heavy atom. The van der Waals surface area contributed by atoms with Gasteiger partial charge in [0.25, 0.3) is 0 Å². The van der Waals surface area contributed by atoms with Crippen molar-refractivity contribution in [3.05, 3.63) is 56.1 Å². The topological polar surface area (TPSA) is 113 Å². The van der Waals surface area contributed by atoms with Crippen LogP contribution in [0.25, 0.3) is 0 Å². The number of hydrogen-bond acceptors (Lipinski definition) is 6. The second kappa shape index (κ2) is 5.71. The number of hydrogen-bond donors (Lipinski definition) is 0. The zero-order valence-corrected chi connectivity index (χ0v) is 9.99. The molecule has 0 heterocycles. The highest BCUT2D eigenvalue weighted by Gasteiger charge is 2.28. The van der Waals surface area contributed by atoms with E-state index in [2.05, 4.69) is 6.58 Å². The second-order valence-electron chi connectivity index (χ2n) is 3.66. The van der Waals surface area contributed by atoms with Crippen LogP contribution in [0.4, 0.5) is 11.4 Å². The molecule has 1 aromatic carbocycles. The average Bonchev–Trinajstić information content (AvgIpc) is 2.34. The first-order valence-electron chi connectivity index (χ1n) is 5.08. The van der Waals surface area contributed by atoms with Crippen molar-refractivity contribution in [3.63, 3.8) is 0 Å². The van der Waals surface area contributed by atoms with Gasteiger partial charge in [-0.25, -0.2) is 4.79 Å². The number of carbonyl (C=O) groups is 1. The summed E-state index contributed by atoms with van der Waals surface area (Å²) in [5.74, 6) is -0.721. The Kier molecular flexibility index (Phi) is 4.30. The number of nitro benzene ring substituents is 2. The summed E-state index contributed by atoms with van der Waals surface area (Å²) in [4.78, 5) is 31.0. The summed E-state index contributed by atoms with van der Waals surface area (Å²) in [5.41, 5.74) is -1.24. The molecule has 0 aromatic heterocycles. The van der Waals surface area contributed by atoms with Crippen molar-refractivity contribution in [2.75, 3.05) is 0 Å². The molecule has 0 amide bonds. The van der Waals surface area contributed by atoms with E-state index in [1.807, 2.05) is 0 Å². The smallest absolute Gasteiger partial charge is 0.352 e. The van der Waals surface area contributed by atoms with Gasteiger partial charge in [0, 0.05) is 11.6 Å². The van der Waals surface area contributed by atoms with Crippen molar-refractivity contribution in [1.82, 2.24) is 0 Å². The molecule has 0 spiro atoms. The second-order valence-corrected chi connectivity index (χ2v) is 3.66. The van der Waals surface area contributed by atoms with Crippen LogP contribution < -0.4 is 0 Å². The summed E-state index contributed by atoms with van der Waals surface area (Å²) in [6.45, 7) is 4.35. The predicted molar refractivity (Wildman–Crippen MR) is 64.4 cm³/mol. The van der Waals surface area contributed by atoms with Crippen molar-refractivity contribution >= 4 is 17.3 Å². The van der Waals surface area contributed by atoms with Gasteiger partial charge in [0.15, 0.2) is 0 Å². The van der Waals surface area contributed by atoms with E-state index in [9.17, 15) is 25.0 Å². The standard InChI is InChI=1S/C11H10N2O6/c1-7(2)11(14)19-6-8-4-3-5-9(12(15)16)10(8)13(17)18/h3-5H,1,6H2,2H3. The summed E-state index contributed by atoms with van der Waals surface area (Å²) in [6, 6.07) is 3.59. The van der Waals surface area contributed by atoms with Crippen molar-refractivity contribution in [1.29, 1.82) is 0 Å². The molecule has 0 aliphatic heterocycles. The number of carbonyl (C=O) groups excluding carboxylic acids is 1. The third kappa shape index (κ3) is 3.35. The molecule has 0 bridgehead atoms. The van der Waals surface area contributed by atoms with Crippen molar-refractivity contribution in [2.24, 2.45) is 0 Å². The first-order valence-corrected chi connectivity index (χ1v) is 5.08. The fourth-order valence-electron chi connectivity index (χ4n) is 1.32. The molecule has 0 atom stereocenters. The van der Waals surface area contributed by atoms with Gasteiger partial charge in [-0.3, -0.25) is 20.2 Å². The van der Waals surface area contributed by atoms with Gasteiger partial charge in [-0.2, -0.15) is 0 Å². The third-order valence-corrected chi connectivity index (χ3v) is 2.18. The van der Waals surface area contributed by atoms with Crippen LogP contribution in [0.1, 0.15) is 12.5 Å². The molecule has 0 fully saturated rings.